The normalized spacial score (nSPS) is 34.3. The highest BCUT2D eigenvalue weighted by Crippen LogP contribution is 2.18. The molecule has 0 aromatic carbocycles. The zero-order chi connectivity index (χ0) is 6.91. The van der Waals surface area contributed by atoms with Crippen LogP contribution in [0.1, 0.15) is 20.3 Å². The second-order valence-electron chi connectivity index (χ2n) is 3.76. The lowest BCUT2D eigenvalue weighted by Gasteiger charge is -2.30. The highest BCUT2D eigenvalue weighted by atomic mass is 14.9. The molecule has 0 amide bonds. The fraction of sp³-hybridized carbons (Fsp3) is 1.00. The van der Waals surface area contributed by atoms with E-state index in [0.717, 1.165) is 0 Å². The van der Waals surface area contributed by atoms with Gasteiger partial charge in [-0.25, -0.2) is 0 Å². The van der Waals surface area contributed by atoms with Crippen LogP contribution in [0.3, 0.4) is 0 Å². The van der Waals surface area contributed by atoms with Gasteiger partial charge in [-0.1, -0.05) is 0 Å². The molecule has 54 valence electrons. The molecule has 0 bridgehead atoms. The molecule has 0 radical (unpaired) electrons. The molecule has 2 nitrogen and oxygen atoms in total. The van der Waals surface area contributed by atoms with Crippen molar-refractivity contribution in [2.45, 2.75) is 26.3 Å². The lowest BCUT2D eigenvalue weighted by atomic mass is 9.81. The Balaban J connectivity index is 2.49. The number of rotatable bonds is 0. The Morgan fingerprint density at radius 1 is 1.56 bits per heavy atom. The fourth-order valence-corrected chi connectivity index (χ4v) is 1.35. The van der Waals surface area contributed by atoms with E-state index < -0.39 is 0 Å². The predicted octanol–water partition coefficient (Wildman–Crippen LogP) is -1.41. The SMILES string of the molecule is CC1(C)C[NH2+]CCC1[NH3+]. The maximum Gasteiger partial charge on any atom is 0.100 e. The molecule has 2 heteroatoms. The molecule has 9 heavy (non-hydrogen) atoms. The molecule has 0 aromatic rings. The summed E-state index contributed by atoms with van der Waals surface area (Å²) >= 11 is 0. The maximum absolute atomic E-state index is 4.13. The molecule has 0 spiro atoms. The first-order chi connectivity index (χ1) is 4.13. The van der Waals surface area contributed by atoms with Crippen LogP contribution < -0.4 is 11.1 Å². The summed E-state index contributed by atoms with van der Waals surface area (Å²) in [4.78, 5) is 0. The summed E-state index contributed by atoms with van der Waals surface area (Å²) in [7, 11) is 0. The lowest BCUT2D eigenvalue weighted by Crippen LogP contribution is -2.93. The van der Waals surface area contributed by atoms with E-state index in [9.17, 15) is 0 Å². The molecule has 1 atom stereocenters. The van der Waals surface area contributed by atoms with Gasteiger partial charge < -0.3 is 11.1 Å². The monoisotopic (exact) mass is 130 g/mol. The molecule has 5 N–H and O–H groups in total. The van der Waals surface area contributed by atoms with E-state index in [4.69, 9.17) is 0 Å². The van der Waals surface area contributed by atoms with Gasteiger partial charge in [0, 0.05) is 6.42 Å². The van der Waals surface area contributed by atoms with E-state index in [1.54, 1.807) is 0 Å². The van der Waals surface area contributed by atoms with E-state index in [1.165, 1.54) is 19.5 Å². The van der Waals surface area contributed by atoms with Crippen LogP contribution in [0.2, 0.25) is 0 Å². The van der Waals surface area contributed by atoms with Crippen LogP contribution >= 0.6 is 0 Å². The third-order valence-corrected chi connectivity index (χ3v) is 2.49. The Bertz CT molecular complexity index is 99.1. The zero-order valence-corrected chi connectivity index (χ0v) is 6.48. The van der Waals surface area contributed by atoms with Crippen molar-refractivity contribution < 1.29 is 11.1 Å². The predicted molar refractivity (Wildman–Crippen MR) is 36.7 cm³/mol. The number of piperidine rings is 1. The molecule has 1 aliphatic heterocycles. The minimum atomic E-state index is 0.470. The topological polar surface area (TPSA) is 44.2 Å². The summed E-state index contributed by atoms with van der Waals surface area (Å²) in [5.74, 6) is 0. The van der Waals surface area contributed by atoms with Gasteiger partial charge in [-0.2, -0.15) is 0 Å². The van der Waals surface area contributed by atoms with Crippen molar-refractivity contribution in [1.82, 2.24) is 0 Å². The third kappa shape index (κ3) is 1.43. The summed E-state index contributed by atoms with van der Waals surface area (Å²) in [6.07, 6.45) is 1.28. The highest BCUT2D eigenvalue weighted by Gasteiger charge is 2.34. The molecule has 0 aromatic heterocycles. The van der Waals surface area contributed by atoms with Crippen LogP contribution in [0.25, 0.3) is 0 Å². The molecule has 1 rings (SSSR count). The zero-order valence-electron chi connectivity index (χ0n) is 6.48. The van der Waals surface area contributed by atoms with Gasteiger partial charge in [-0.15, -0.1) is 0 Å². The quantitative estimate of drug-likeness (QED) is 0.405. The van der Waals surface area contributed by atoms with Gasteiger partial charge in [-0.05, 0) is 13.8 Å². The molecular formula is C7H18N2+2. The van der Waals surface area contributed by atoms with Gasteiger partial charge in [0.2, 0.25) is 0 Å². The van der Waals surface area contributed by atoms with Crippen molar-refractivity contribution in [2.24, 2.45) is 5.41 Å². The van der Waals surface area contributed by atoms with Crippen LogP contribution in [-0.4, -0.2) is 19.1 Å². The average Bonchev–Trinajstić information content (AvgIpc) is 1.77. The van der Waals surface area contributed by atoms with Gasteiger partial charge in [0.05, 0.1) is 18.5 Å². The van der Waals surface area contributed by atoms with Gasteiger partial charge >= 0.3 is 0 Å². The molecule has 0 aliphatic carbocycles. The molecule has 1 aliphatic rings. The standard InChI is InChI=1S/C7H16N2/c1-7(2)5-9-4-3-6(7)8/h6,9H,3-5,8H2,1-2H3/p+2. The molecule has 1 saturated heterocycles. The van der Waals surface area contributed by atoms with E-state index in [0.29, 0.717) is 11.5 Å². The number of quaternary nitrogens is 2. The molecular weight excluding hydrogens is 112 g/mol. The summed E-state index contributed by atoms with van der Waals surface area (Å²) in [6, 6.07) is 0.669. The summed E-state index contributed by atoms with van der Waals surface area (Å²) in [5.41, 5.74) is 4.60. The first-order valence-corrected chi connectivity index (χ1v) is 3.78. The van der Waals surface area contributed by atoms with Crippen molar-refractivity contribution in [3.8, 4) is 0 Å². The van der Waals surface area contributed by atoms with Crippen LogP contribution in [0.5, 0.6) is 0 Å². The summed E-state index contributed by atoms with van der Waals surface area (Å²) < 4.78 is 0. The van der Waals surface area contributed by atoms with Crippen LogP contribution in [0, 0.1) is 5.41 Å². The van der Waals surface area contributed by atoms with Gasteiger partial charge in [-0.3, -0.25) is 0 Å². The second-order valence-corrected chi connectivity index (χ2v) is 3.76. The van der Waals surface area contributed by atoms with Crippen molar-refractivity contribution >= 4 is 0 Å². The van der Waals surface area contributed by atoms with Crippen LogP contribution in [-0.2, 0) is 0 Å². The number of hydrogen-bond donors (Lipinski definition) is 2. The Morgan fingerprint density at radius 3 is 2.56 bits per heavy atom. The first kappa shape index (κ1) is 7.03. The third-order valence-electron chi connectivity index (χ3n) is 2.49. The smallest absolute Gasteiger partial charge is 0.100 e. The minimum absolute atomic E-state index is 0.470. The molecule has 1 heterocycles. The van der Waals surface area contributed by atoms with E-state index in [2.05, 4.69) is 24.9 Å². The van der Waals surface area contributed by atoms with Crippen molar-refractivity contribution in [2.75, 3.05) is 13.1 Å². The Labute approximate surface area is 56.8 Å². The lowest BCUT2D eigenvalue weighted by molar-refractivity contribution is -0.692. The van der Waals surface area contributed by atoms with E-state index in [1.807, 2.05) is 0 Å². The van der Waals surface area contributed by atoms with Crippen molar-refractivity contribution in [1.29, 1.82) is 0 Å². The highest BCUT2D eigenvalue weighted by molar-refractivity contribution is 4.77. The largest absolute Gasteiger partial charge is 0.354 e. The maximum atomic E-state index is 4.13. The van der Waals surface area contributed by atoms with Crippen LogP contribution in [0.15, 0.2) is 0 Å². The van der Waals surface area contributed by atoms with Gasteiger partial charge in [0.15, 0.2) is 0 Å². The van der Waals surface area contributed by atoms with Gasteiger partial charge in [0.1, 0.15) is 6.04 Å². The molecule has 0 saturated carbocycles. The summed E-state index contributed by atoms with van der Waals surface area (Å²) in [6.45, 7) is 7.14. The van der Waals surface area contributed by atoms with Crippen molar-refractivity contribution in [3.05, 3.63) is 0 Å². The first-order valence-electron chi connectivity index (χ1n) is 3.78. The van der Waals surface area contributed by atoms with E-state index >= 15 is 0 Å². The van der Waals surface area contributed by atoms with Crippen LogP contribution in [0.4, 0.5) is 0 Å². The van der Waals surface area contributed by atoms with Gasteiger partial charge in [0.25, 0.3) is 0 Å². The minimum Gasteiger partial charge on any atom is -0.354 e. The fourth-order valence-electron chi connectivity index (χ4n) is 1.35. The van der Waals surface area contributed by atoms with Crippen molar-refractivity contribution in [3.63, 3.8) is 0 Å². The Morgan fingerprint density at radius 2 is 2.22 bits per heavy atom. The second kappa shape index (κ2) is 2.27. The Hall–Kier alpha value is -0.0800. The number of hydrogen-bond acceptors (Lipinski definition) is 0. The average molecular weight is 130 g/mol. The molecule has 1 fully saturated rings. The number of nitrogens with two attached hydrogens (primary N) is 1. The molecule has 1 unspecified atom stereocenters. The van der Waals surface area contributed by atoms with E-state index in [-0.39, 0.29) is 0 Å². The Kier molecular flexibility index (Phi) is 1.78. The summed E-state index contributed by atoms with van der Waals surface area (Å²) in [5, 5.41) is 2.39.